The number of anilines is 1. The lowest BCUT2D eigenvalue weighted by molar-refractivity contribution is -0.118. The lowest BCUT2D eigenvalue weighted by Gasteiger charge is -2.29. The second-order valence-corrected chi connectivity index (χ2v) is 10.1. The number of nitrogens with one attached hydrogen (secondary N) is 1. The van der Waals surface area contributed by atoms with Crippen molar-refractivity contribution in [2.75, 3.05) is 30.9 Å². The van der Waals surface area contributed by atoms with Crippen molar-refractivity contribution in [2.24, 2.45) is 5.92 Å². The molecule has 10 heteroatoms. The number of benzene rings is 1. The summed E-state index contributed by atoms with van der Waals surface area (Å²) in [4.78, 5) is 37.1. The number of amides is 1. The second kappa shape index (κ2) is 10.6. The van der Waals surface area contributed by atoms with Crippen LogP contribution in [0.15, 0.2) is 34.2 Å². The van der Waals surface area contributed by atoms with Gasteiger partial charge in [-0.05, 0) is 43.4 Å². The zero-order valence-electron chi connectivity index (χ0n) is 19.2. The Labute approximate surface area is 201 Å². The van der Waals surface area contributed by atoms with Gasteiger partial charge in [-0.3, -0.25) is 14.2 Å². The fraction of sp³-hybridized carbons (Fsp3) is 0.478. The zero-order valence-corrected chi connectivity index (χ0v) is 20.8. The van der Waals surface area contributed by atoms with Crippen LogP contribution in [0.4, 0.5) is 5.13 Å². The number of piperidine rings is 1. The zero-order chi connectivity index (χ0) is 23.4. The van der Waals surface area contributed by atoms with Crippen LogP contribution in [-0.4, -0.2) is 46.4 Å². The summed E-state index contributed by atoms with van der Waals surface area (Å²) in [6.45, 7) is 7.02. The first-order valence-electron chi connectivity index (χ1n) is 11.2. The third-order valence-electron chi connectivity index (χ3n) is 5.82. The molecule has 2 aromatic heterocycles. The quantitative estimate of drug-likeness (QED) is 0.384. The molecule has 3 heterocycles. The summed E-state index contributed by atoms with van der Waals surface area (Å²) < 4.78 is 7.36. The van der Waals surface area contributed by atoms with Crippen LogP contribution < -0.4 is 20.5 Å². The molecule has 0 bridgehead atoms. The molecule has 8 nitrogen and oxygen atoms in total. The number of nitrogens with zero attached hydrogens (tertiary/aromatic N) is 4. The Kier molecular flexibility index (Phi) is 7.54. The molecular formula is C23H29N5O3S2. The average molecular weight is 488 g/mol. The molecular weight excluding hydrogens is 458 g/mol. The van der Waals surface area contributed by atoms with E-state index < -0.39 is 0 Å². The van der Waals surface area contributed by atoms with Gasteiger partial charge < -0.3 is 15.0 Å². The molecule has 1 aromatic carbocycles. The molecule has 1 N–H and O–H groups in total. The van der Waals surface area contributed by atoms with Gasteiger partial charge in [-0.25, -0.2) is 4.98 Å². The molecule has 1 aliphatic rings. The number of ether oxygens (including phenoxy) is 1. The number of methoxy groups -OCH3 is 1. The van der Waals surface area contributed by atoms with Gasteiger partial charge >= 0.3 is 0 Å². The van der Waals surface area contributed by atoms with Crippen LogP contribution in [0.25, 0.3) is 10.3 Å². The van der Waals surface area contributed by atoms with Gasteiger partial charge in [0.25, 0.3) is 5.56 Å². The number of thioether (sulfide) groups is 1. The molecule has 0 atom stereocenters. The van der Waals surface area contributed by atoms with Crippen LogP contribution in [0.1, 0.15) is 32.3 Å². The van der Waals surface area contributed by atoms with Gasteiger partial charge in [-0.1, -0.05) is 42.2 Å². The first-order chi connectivity index (χ1) is 16.0. The minimum atomic E-state index is -0.116. The van der Waals surface area contributed by atoms with Crippen molar-refractivity contribution in [3.05, 3.63) is 40.2 Å². The Bertz CT molecular complexity index is 1170. The number of carbonyl (C=O) groups excluding carboxylic acids is 1. The highest BCUT2D eigenvalue weighted by atomic mass is 32.2. The molecule has 1 aliphatic heterocycles. The minimum Gasteiger partial charge on any atom is -0.497 e. The Morgan fingerprint density at radius 1 is 1.24 bits per heavy atom. The van der Waals surface area contributed by atoms with Crippen LogP contribution in [0.5, 0.6) is 5.75 Å². The van der Waals surface area contributed by atoms with Gasteiger partial charge in [0, 0.05) is 26.2 Å². The van der Waals surface area contributed by atoms with Crippen LogP contribution in [0, 0.1) is 5.92 Å². The molecule has 0 spiro atoms. The van der Waals surface area contributed by atoms with Gasteiger partial charge in [0.15, 0.2) is 15.9 Å². The summed E-state index contributed by atoms with van der Waals surface area (Å²) in [5.74, 6) is 1.56. The third-order valence-corrected chi connectivity index (χ3v) is 7.89. The van der Waals surface area contributed by atoms with Gasteiger partial charge in [0.2, 0.25) is 5.91 Å². The molecule has 4 rings (SSSR count). The average Bonchev–Trinajstić information content (AvgIpc) is 3.27. The summed E-state index contributed by atoms with van der Waals surface area (Å²) >= 11 is 2.69. The molecule has 1 amide bonds. The predicted molar refractivity (Wildman–Crippen MR) is 134 cm³/mol. The molecule has 0 unspecified atom stereocenters. The standard InChI is InChI=1S/C23H29N5O3S2/c1-4-28-21(30)19-20(25-22(33-19)27-11-9-15(2)10-12-27)26-23(28)32-14-18(29)24-13-16-5-7-17(31-3)8-6-16/h5-8,15H,4,9-14H2,1-3H3,(H,24,29). The van der Waals surface area contributed by atoms with Crippen molar-refractivity contribution in [1.29, 1.82) is 0 Å². The van der Waals surface area contributed by atoms with Crippen molar-refractivity contribution in [1.82, 2.24) is 19.9 Å². The Hall–Kier alpha value is -2.59. The number of thiazole rings is 1. The van der Waals surface area contributed by atoms with Gasteiger partial charge in [0.05, 0.1) is 12.9 Å². The molecule has 1 saturated heterocycles. The van der Waals surface area contributed by atoms with Crippen molar-refractivity contribution >= 4 is 44.5 Å². The Balaban J connectivity index is 1.44. The van der Waals surface area contributed by atoms with Crippen molar-refractivity contribution in [3.63, 3.8) is 0 Å². The maximum absolute atomic E-state index is 13.1. The second-order valence-electron chi connectivity index (χ2n) is 8.18. The Morgan fingerprint density at radius 2 is 1.97 bits per heavy atom. The van der Waals surface area contributed by atoms with Crippen LogP contribution in [0.2, 0.25) is 0 Å². The van der Waals surface area contributed by atoms with E-state index in [1.54, 1.807) is 11.7 Å². The SMILES string of the molecule is CCn1c(SCC(=O)NCc2ccc(OC)cc2)nc2nc(N3CCC(C)CC3)sc2c1=O. The summed E-state index contributed by atoms with van der Waals surface area (Å²) in [6.07, 6.45) is 2.27. The van der Waals surface area contributed by atoms with E-state index in [1.165, 1.54) is 23.1 Å². The van der Waals surface area contributed by atoms with Crippen molar-refractivity contribution in [3.8, 4) is 5.75 Å². The normalized spacial score (nSPS) is 14.6. The largest absolute Gasteiger partial charge is 0.497 e. The number of carbonyl (C=O) groups is 1. The fourth-order valence-electron chi connectivity index (χ4n) is 3.73. The summed E-state index contributed by atoms with van der Waals surface area (Å²) in [5.41, 5.74) is 1.38. The topological polar surface area (TPSA) is 89.3 Å². The van der Waals surface area contributed by atoms with Gasteiger partial charge in [0.1, 0.15) is 10.4 Å². The highest BCUT2D eigenvalue weighted by Gasteiger charge is 2.22. The van der Waals surface area contributed by atoms with E-state index >= 15 is 0 Å². The molecule has 176 valence electrons. The number of fused-ring (bicyclic) bond motifs is 1. The van der Waals surface area contributed by atoms with E-state index in [9.17, 15) is 9.59 Å². The number of rotatable bonds is 8. The summed E-state index contributed by atoms with van der Waals surface area (Å²) in [7, 11) is 1.62. The molecule has 0 aliphatic carbocycles. The van der Waals surface area contributed by atoms with Crippen LogP contribution >= 0.6 is 23.1 Å². The van der Waals surface area contributed by atoms with E-state index in [2.05, 4.69) is 27.1 Å². The molecule has 0 saturated carbocycles. The molecule has 0 radical (unpaired) electrons. The fourth-order valence-corrected chi connectivity index (χ4v) is 5.61. The lowest BCUT2D eigenvalue weighted by atomic mass is 10.00. The molecule has 3 aromatic rings. The smallest absolute Gasteiger partial charge is 0.273 e. The van der Waals surface area contributed by atoms with E-state index in [0.29, 0.717) is 28.6 Å². The first kappa shape index (κ1) is 23.6. The van der Waals surface area contributed by atoms with E-state index in [1.807, 2.05) is 31.2 Å². The van der Waals surface area contributed by atoms with Crippen LogP contribution in [0.3, 0.4) is 0 Å². The maximum Gasteiger partial charge on any atom is 0.273 e. The lowest BCUT2D eigenvalue weighted by Crippen LogP contribution is -2.32. The van der Waals surface area contributed by atoms with Gasteiger partial charge in [-0.15, -0.1) is 0 Å². The third kappa shape index (κ3) is 5.50. The summed E-state index contributed by atoms with van der Waals surface area (Å²) in [5, 5.41) is 4.30. The number of hydrogen-bond donors (Lipinski definition) is 1. The van der Waals surface area contributed by atoms with E-state index in [-0.39, 0.29) is 17.2 Å². The van der Waals surface area contributed by atoms with Crippen molar-refractivity contribution < 1.29 is 9.53 Å². The van der Waals surface area contributed by atoms with E-state index in [4.69, 9.17) is 4.74 Å². The van der Waals surface area contributed by atoms with Crippen LogP contribution in [-0.2, 0) is 17.9 Å². The maximum atomic E-state index is 13.1. The Morgan fingerprint density at radius 3 is 2.64 bits per heavy atom. The first-order valence-corrected chi connectivity index (χ1v) is 13.0. The van der Waals surface area contributed by atoms with Gasteiger partial charge in [-0.2, -0.15) is 4.98 Å². The molecule has 33 heavy (non-hydrogen) atoms. The number of hydrogen-bond acceptors (Lipinski definition) is 8. The monoisotopic (exact) mass is 487 g/mol. The highest BCUT2D eigenvalue weighted by molar-refractivity contribution is 7.99. The minimum absolute atomic E-state index is 0.0854. The van der Waals surface area contributed by atoms with E-state index in [0.717, 1.165) is 48.3 Å². The van der Waals surface area contributed by atoms with Crippen molar-refractivity contribution in [2.45, 2.75) is 44.9 Å². The molecule has 1 fully saturated rings. The predicted octanol–water partition coefficient (Wildman–Crippen LogP) is 3.53. The summed E-state index contributed by atoms with van der Waals surface area (Å²) in [6, 6.07) is 7.56. The number of aromatic nitrogens is 3. The highest BCUT2D eigenvalue weighted by Crippen LogP contribution is 2.30.